The number of rotatable bonds is 3. The first-order valence-corrected chi connectivity index (χ1v) is 11.0. The molecule has 0 bridgehead atoms. The molecule has 1 aliphatic rings. The summed E-state index contributed by atoms with van der Waals surface area (Å²) >= 11 is 0. The number of aromatic nitrogens is 2. The van der Waals surface area contributed by atoms with Crippen molar-refractivity contribution in [2.75, 3.05) is 18.0 Å². The number of piperazine rings is 1. The van der Waals surface area contributed by atoms with E-state index in [1.54, 1.807) is 26.1 Å². The number of anilines is 1. The van der Waals surface area contributed by atoms with Gasteiger partial charge in [0.05, 0.1) is 5.52 Å². The Hall–Kier alpha value is -3.82. The molecule has 3 aromatic rings. The largest absolute Gasteiger partial charge is 0.361 e. The lowest BCUT2D eigenvalue weighted by molar-refractivity contribution is 0.115. The van der Waals surface area contributed by atoms with Gasteiger partial charge >= 0.3 is 0 Å². The van der Waals surface area contributed by atoms with Gasteiger partial charge in [-0.05, 0) is 45.0 Å². The van der Waals surface area contributed by atoms with E-state index in [9.17, 15) is 18.8 Å². The van der Waals surface area contributed by atoms with E-state index in [1.165, 1.54) is 22.8 Å². The fourth-order valence-electron chi connectivity index (χ4n) is 4.91. The number of hydrogen-bond acceptors (Lipinski definition) is 5. The number of nitriles is 1. The third kappa shape index (κ3) is 3.68. The van der Waals surface area contributed by atoms with Crippen LogP contribution < -0.4 is 10.5 Å². The van der Waals surface area contributed by atoms with Gasteiger partial charge in [0.15, 0.2) is 0 Å². The second kappa shape index (κ2) is 8.85. The molecule has 2 aromatic heterocycles. The van der Waals surface area contributed by atoms with Crippen LogP contribution in [0.15, 0.2) is 35.1 Å². The van der Waals surface area contributed by atoms with Gasteiger partial charge in [0.25, 0.3) is 11.4 Å². The first kappa shape index (κ1) is 23.3. The summed E-state index contributed by atoms with van der Waals surface area (Å²) < 4.78 is 30.3. The van der Waals surface area contributed by atoms with Crippen LogP contribution in [0.4, 0.5) is 20.3 Å². The van der Waals surface area contributed by atoms with Crippen LogP contribution in [0.25, 0.3) is 15.9 Å². The van der Waals surface area contributed by atoms with Crippen molar-refractivity contribution in [3.05, 3.63) is 74.9 Å². The molecule has 7 nitrogen and oxygen atoms in total. The minimum Gasteiger partial charge on any atom is -0.361 e. The van der Waals surface area contributed by atoms with Crippen molar-refractivity contribution in [1.82, 2.24) is 14.5 Å². The van der Waals surface area contributed by atoms with Crippen molar-refractivity contribution in [3.8, 4) is 6.07 Å². The Morgan fingerprint density at radius 2 is 1.85 bits per heavy atom. The van der Waals surface area contributed by atoms with E-state index in [4.69, 9.17) is 6.57 Å². The number of fused-ring (bicyclic) bond motifs is 1. The van der Waals surface area contributed by atoms with Crippen molar-refractivity contribution in [2.24, 2.45) is 7.05 Å². The van der Waals surface area contributed by atoms with Crippen molar-refractivity contribution in [3.63, 3.8) is 0 Å². The molecule has 1 fully saturated rings. The smallest absolute Gasteiger partial charge is 0.271 e. The molecule has 0 N–H and O–H groups in total. The molecular formula is C25H24F2N6O. The average molecular weight is 463 g/mol. The SMILES string of the molecule is [C-]#[N+]c1ccc2c(n1)c(N1C[C@@H](C)N(C(C)c3c(F)cccc3F)C[C@@H]1C)c(C#N)c(=O)n2C. The summed E-state index contributed by atoms with van der Waals surface area (Å²) in [5.41, 5.74) is 0.880. The van der Waals surface area contributed by atoms with Gasteiger partial charge in [0.1, 0.15) is 29.0 Å². The van der Waals surface area contributed by atoms with E-state index >= 15 is 0 Å². The Morgan fingerprint density at radius 1 is 1.18 bits per heavy atom. The monoisotopic (exact) mass is 462 g/mol. The molecule has 1 aromatic carbocycles. The highest BCUT2D eigenvalue weighted by atomic mass is 19.1. The summed E-state index contributed by atoms with van der Waals surface area (Å²) in [6, 6.07) is 8.23. The number of nitrogens with zero attached hydrogens (tertiary/aromatic N) is 6. The predicted molar refractivity (Wildman–Crippen MR) is 126 cm³/mol. The highest BCUT2D eigenvalue weighted by Crippen LogP contribution is 2.35. The fraction of sp³-hybridized carbons (Fsp3) is 0.360. The van der Waals surface area contributed by atoms with Crippen molar-refractivity contribution in [1.29, 1.82) is 5.26 Å². The number of halogens is 2. The third-order valence-electron chi connectivity index (χ3n) is 6.66. The Kier molecular flexibility index (Phi) is 6.07. The molecule has 0 amide bonds. The summed E-state index contributed by atoms with van der Waals surface area (Å²) in [5, 5.41) is 9.87. The summed E-state index contributed by atoms with van der Waals surface area (Å²) in [4.78, 5) is 24.8. The highest BCUT2D eigenvalue weighted by Gasteiger charge is 2.37. The Morgan fingerprint density at radius 3 is 2.47 bits per heavy atom. The molecule has 0 saturated carbocycles. The molecule has 1 aliphatic heterocycles. The second-order valence-corrected chi connectivity index (χ2v) is 8.71. The van der Waals surface area contributed by atoms with Crippen LogP contribution in [0.1, 0.15) is 37.9 Å². The van der Waals surface area contributed by atoms with Gasteiger partial charge in [-0.15, -0.1) is 4.98 Å². The van der Waals surface area contributed by atoms with E-state index in [0.29, 0.717) is 29.8 Å². The minimum absolute atomic E-state index is 0.0232. The molecule has 0 aliphatic carbocycles. The maximum atomic E-state index is 14.5. The number of benzene rings is 1. The average Bonchev–Trinajstić information content (AvgIpc) is 2.82. The van der Waals surface area contributed by atoms with Gasteiger partial charge in [0.2, 0.25) is 5.52 Å². The summed E-state index contributed by atoms with van der Waals surface area (Å²) in [5.74, 6) is -1.01. The zero-order chi connectivity index (χ0) is 24.7. The van der Waals surface area contributed by atoms with Gasteiger partial charge in [-0.2, -0.15) is 5.26 Å². The van der Waals surface area contributed by atoms with Crippen LogP contribution in [-0.4, -0.2) is 39.6 Å². The molecule has 0 radical (unpaired) electrons. The van der Waals surface area contributed by atoms with Gasteiger partial charge in [-0.3, -0.25) is 9.69 Å². The minimum atomic E-state index is -0.588. The zero-order valence-electron chi connectivity index (χ0n) is 19.4. The quantitative estimate of drug-likeness (QED) is 0.543. The Labute approximate surface area is 196 Å². The first-order valence-electron chi connectivity index (χ1n) is 11.0. The highest BCUT2D eigenvalue weighted by molar-refractivity contribution is 5.93. The van der Waals surface area contributed by atoms with E-state index in [0.717, 1.165) is 0 Å². The number of aryl methyl sites for hydroxylation is 1. The molecular weight excluding hydrogens is 438 g/mol. The van der Waals surface area contributed by atoms with Gasteiger partial charge in [-0.1, -0.05) is 12.6 Å². The van der Waals surface area contributed by atoms with E-state index in [1.807, 2.05) is 29.7 Å². The first-order chi connectivity index (χ1) is 16.2. The van der Waals surface area contributed by atoms with Gasteiger partial charge in [0, 0.05) is 43.8 Å². The second-order valence-electron chi connectivity index (χ2n) is 8.71. The maximum absolute atomic E-state index is 14.5. The molecule has 3 heterocycles. The maximum Gasteiger partial charge on any atom is 0.271 e. The molecule has 0 spiro atoms. The Balaban J connectivity index is 1.80. The van der Waals surface area contributed by atoms with Crippen LogP contribution in [-0.2, 0) is 7.05 Å². The summed E-state index contributed by atoms with van der Waals surface area (Å²) in [6.07, 6.45) is 0. The van der Waals surface area contributed by atoms with Crippen LogP contribution in [0.2, 0.25) is 0 Å². The normalized spacial score (nSPS) is 19.6. The topological polar surface area (TPSA) is 69.5 Å². The lowest BCUT2D eigenvalue weighted by atomic mass is 9.98. The number of hydrogen-bond donors (Lipinski definition) is 0. The third-order valence-corrected chi connectivity index (χ3v) is 6.66. The van der Waals surface area contributed by atoms with Gasteiger partial charge in [-0.25, -0.2) is 8.78 Å². The van der Waals surface area contributed by atoms with Gasteiger partial charge < -0.3 is 14.3 Å². The van der Waals surface area contributed by atoms with Crippen molar-refractivity contribution in [2.45, 2.75) is 38.9 Å². The van der Waals surface area contributed by atoms with E-state index in [-0.39, 0.29) is 29.0 Å². The zero-order valence-corrected chi connectivity index (χ0v) is 19.4. The lowest BCUT2D eigenvalue weighted by Gasteiger charge is -2.47. The summed E-state index contributed by atoms with van der Waals surface area (Å²) in [6.45, 7) is 13.8. The number of pyridine rings is 2. The standard InChI is InChI=1S/C25H24F2N6O/c1-14-13-33(15(2)12-32(14)16(3)22-18(26)7-6-8-19(22)27)24-17(11-28)25(34)31(5)20-9-10-21(29-4)30-23(20)24/h6-10,14-16H,12-13H2,1-3,5H3/t14-,15+,16?/m1/s1. The molecule has 3 atom stereocenters. The molecule has 4 rings (SSSR count). The van der Waals surface area contributed by atoms with Crippen molar-refractivity contribution >= 4 is 22.5 Å². The molecule has 1 saturated heterocycles. The van der Waals surface area contributed by atoms with Crippen LogP contribution in [0, 0.1) is 29.5 Å². The predicted octanol–water partition coefficient (Wildman–Crippen LogP) is 4.29. The molecule has 34 heavy (non-hydrogen) atoms. The van der Waals surface area contributed by atoms with Crippen LogP contribution in [0.3, 0.4) is 0 Å². The van der Waals surface area contributed by atoms with E-state index < -0.39 is 23.2 Å². The fourth-order valence-corrected chi connectivity index (χ4v) is 4.91. The van der Waals surface area contributed by atoms with Crippen molar-refractivity contribution < 1.29 is 8.78 Å². The summed E-state index contributed by atoms with van der Waals surface area (Å²) in [7, 11) is 1.57. The van der Waals surface area contributed by atoms with E-state index in [2.05, 4.69) is 9.83 Å². The molecule has 1 unspecified atom stereocenters. The Bertz CT molecular complexity index is 1400. The van der Waals surface area contributed by atoms with Crippen LogP contribution >= 0.6 is 0 Å². The van der Waals surface area contributed by atoms with Crippen LogP contribution in [0.5, 0.6) is 0 Å². The molecule has 174 valence electrons. The lowest BCUT2D eigenvalue weighted by Crippen LogP contribution is -2.57. The molecule has 9 heteroatoms.